The molecular weight excluding hydrogens is 152 g/mol. The van der Waals surface area contributed by atoms with Gasteiger partial charge in [0.2, 0.25) is 0 Å². The van der Waals surface area contributed by atoms with Gasteiger partial charge in [-0.3, -0.25) is 4.79 Å². The van der Waals surface area contributed by atoms with Gasteiger partial charge in [0.15, 0.2) is 0 Å². The molecule has 0 aromatic carbocycles. The molecule has 0 amide bonds. The molecule has 0 unspecified atom stereocenters. The van der Waals surface area contributed by atoms with Crippen molar-refractivity contribution >= 4 is 5.97 Å². The van der Waals surface area contributed by atoms with Crippen LogP contribution in [0.2, 0.25) is 0 Å². The highest BCUT2D eigenvalue weighted by molar-refractivity contribution is 5.71. The Kier molecular flexibility index (Phi) is 10.7. The van der Waals surface area contributed by atoms with E-state index in [9.17, 15) is 4.79 Å². The lowest BCUT2D eigenvalue weighted by Crippen LogP contribution is -1.94. The second kappa shape index (κ2) is 9.69. The number of hydrogen-bond acceptors (Lipinski definition) is 1. The van der Waals surface area contributed by atoms with Crippen LogP contribution in [0.5, 0.6) is 0 Å². The van der Waals surface area contributed by atoms with Gasteiger partial charge in [-0.2, -0.15) is 0 Å². The van der Waals surface area contributed by atoms with E-state index in [1.807, 2.05) is 13.8 Å². The predicted molar refractivity (Wildman–Crippen MR) is 52.1 cm³/mol. The van der Waals surface area contributed by atoms with E-state index in [0.717, 1.165) is 0 Å². The molecule has 0 radical (unpaired) electrons. The van der Waals surface area contributed by atoms with E-state index >= 15 is 0 Å². The Balaban J connectivity index is 0. The topological polar surface area (TPSA) is 37.3 Å². The molecule has 0 fully saturated rings. The fourth-order valence-electron chi connectivity index (χ4n) is 0.525. The molecule has 0 saturated carbocycles. The zero-order chi connectivity index (χ0) is 9.98. The molecule has 2 nitrogen and oxygen atoms in total. The third-order valence-corrected chi connectivity index (χ3v) is 0.949. The monoisotopic (exact) mass is 168 g/mol. The minimum absolute atomic E-state index is 0.00944. The Morgan fingerprint density at radius 1 is 1.42 bits per heavy atom. The Hall–Kier alpha value is -1.31. The maximum atomic E-state index is 10.1. The van der Waals surface area contributed by atoms with Crippen molar-refractivity contribution < 1.29 is 9.90 Å². The zero-order valence-electron chi connectivity index (χ0n) is 7.71. The lowest BCUT2D eigenvalue weighted by Gasteiger charge is -1.92. The van der Waals surface area contributed by atoms with Crippen LogP contribution in [0.4, 0.5) is 0 Å². The van der Waals surface area contributed by atoms with Gasteiger partial charge in [-0.1, -0.05) is 45.2 Å². The Labute approximate surface area is 73.9 Å². The highest BCUT2D eigenvalue weighted by Crippen LogP contribution is 2.01. The Morgan fingerprint density at radius 3 is 2.17 bits per heavy atom. The fourth-order valence-corrected chi connectivity index (χ4v) is 0.525. The first-order chi connectivity index (χ1) is 5.70. The molecule has 0 rings (SSSR count). The standard InChI is InChI=1S/C8H10O2.C2H6/c1-3-5-7(4-2)6-8(9)10;1-2/h3-5H,1-2,6H2,(H,9,10);1-2H3/b7-5+;. The SMILES string of the molecule is C=C/C=C(\C=C)CC(=O)O.CC. The fraction of sp³-hybridized carbons (Fsp3) is 0.300. The van der Waals surface area contributed by atoms with E-state index in [4.69, 9.17) is 5.11 Å². The van der Waals surface area contributed by atoms with Crippen LogP contribution in [-0.2, 0) is 4.79 Å². The summed E-state index contributed by atoms with van der Waals surface area (Å²) in [6, 6.07) is 0. The van der Waals surface area contributed by atoms with Gasteiger partial charge in [0.1, 0.15) is 0 Å². The van der Waals surface area contributed by atoms with Gasteiger partial charge in [0, 0.05) is 0 Å². The number of allylic oxidation sites excluding steroid dienone is 3. The van der Waals surface area contributed by atoms with Crippen molar-refractivity contribution in [2.45, 2.75) is 20.3 Å². The average Bonchev–Trinajstić information content (AvgIpc) is 2.07. The third-order valence-electron chi connectivity index (χ3n) is 0.949. The molecule has 0 aliphatic heterocycles. The first kappa shape index (κ1) is 13.3. The third kappa shape index (κ3) is 8.69. The second-order valence-corrected chi connectivity index (χ2v) is 1.75. The van der Waals surface area contributed by atoms with Crippen molar-refractivity contribution in [2.75, 3.05) is 0 Å². The summed E-state index contributed by atoms with van der Waals surface area (Å²) >= 11 is 0. The van der Waals surface area contributed by atoms with Crippen molar-refractivity contribution in [3.8, 4) is 0 Å². The van der Waals surface area contributed by atoms with E-state index < -0.39 is 5.97 Å². The average molecular weight is 168 g/mol. The van der Waals surface area contributed by atoms with Gasteiger partial charge >= 0.3 is 5.97 Å². The van der Waals surface area contributed by atoms with Crippen molar-refractivity contribution in [1.29, 1.82) is 0 Å². The molecule has 12 heavy (non-hydrogen) atoms. The van der Waals surface area contributed by atoms with Gasteiger partial charge in [0.05, 0.1) is 6.42 Å². The molecule has 0 spiro atoms. The summed E-state index contributed by atoms with van der Waals surface area (Å²) in [7, 11) is 0. The van der Waals surface area contributed by atoms with Crippen molar-refractivity contribution in [3.05, 3.63) is 37.0 Å². The van der Waals surface area contributed by atoms with Gasteiger partial charge in [-0.25, -0.2) is 0 Å². The normalized spacial score (nSPS) is 9.33. The maximum absolute atomic E-state index is 10.1. The summed E-state index contributed by atoms with van der Waals surface area (Å²) < 4.78 is 0. The molecule has 0 bridgehead atoms. The molecular formula is C10H16O2. The van der Waals surface area contributed by atoms with Crippen molar-refractivity contribution in [2.24, 2.45) is 0 Å². The van der Waals surface area contributed by atoms with Crippen LogP contribution in [0, 0.1) is 0 Å². The molecule has 0 aromatic rings. The molecule has 1 N–H and O–H groups in total. The molecule has 0 aliphatic rings. The first-order valence-electron chi connectivity index (χ1n) is 3.86. The van der Waals surface area contributed by atoms with E-state index in [2.05, 4.69) is 13.2 Å². The second-order valence-electron chi connectivity index (χ2n) is 1.75. The van der Waals surface area contributed by atoms with Crippen LogP contribution >= 0.6 is 0 Å². The predicted octanol–water partition coefficient (Wildman–Crippen LogP) is 2.79. The summed E-state index contributed by atoms with van der Waals surface area (Å²) in [5.41, 5.74) is 0.669. The summed E-state index contributed by atoms with van der Waals surface area (Å²) in [6.45, 7) is 10.9. The number of carbonyl (C=O) groups is 1. The summed E-state index contributed by atoms with van der Waals surface area (Å²) in [4.78, 5) is 10.1. The lowest BCUT2D eigenvalue weighted by atomic mass is 10.2. The van der Waals surface area contributed by atoms with Crippen LogP contribution < -0.4 is 0 Å². The number of carboxylic acid groups (broad SMARTS) is 1. The lowest BCUT2D eigenvalue weighted by molar-refractivity contribution is -0.136. The van der Waals surface area contributed by atoms with Gasteiger partial charge in [-0.15, -0.1) is 0 Å². The van der Waals surface area contributed by atoms with Crippen molar-refractivity contribution in [3.63, 3.8) is 0 Å². The van der Waals surface area contributed by atoms with E-state index in [1.165, 1.54) is 6.08 Å². The quantitative estimate of drug-likeness (QED) is 0.655. The number of carboxylic acids is 1. The maximum Gasteiger partial charge on any atom is 0.307 e. The summed E-state index contributed by atoms with van der Waals surface area (Å²) in [5.74, 6) is -0.854. The number of aliphatic carboxylic acids is 1. The molecule has 2 heteroatoms. The van der Waals surface area contributed by atoms with Crippen LogP contribution in [-0.4, -0.2) is 11.1 Å². The van der Waals surface area contributed by atoms with Crippen LogP contribution in [0.1, 0.15) is 20.3 Å². The van der Waals surface area contributed by atoms with E-state index in [1.54, 1.807) is 12.2 Å². The molecule has 0 aromatic heterocycles. The minimum Gasteiger partial charge on any atom is -0.481 e. The largest absolute Gasteiger partial charge is 0.481 e. The van der Waals surface area contributed by atoms with Gasteiger partial charge in [0.25, 0.3) is 0 Å². The highest BCUT2D eigenvalue weighted by Gasteiger charge is 1.97. The molecule has 0 saturated heterocycles. The zero-order valence-corrected chi connectivity index (χ0v) is 7.71. The van der Waals surface area contributed by atoms with Crippen molar-refractivity contribution in [1.82, 2.24) is 0 Å². The first-order valence-corrected chi connectivity index (χ1v) is 3.86. The van der Waals surface area contributed by atoms with E-state index in [-0.39, 0.29) is 6.42 Å². The number of rotatable bonds is 4. The molecule has 68 valence electrons. The highest BCUT2D eigenvalue weighted by atomic mass is 16.4. The number of hydrogen-bond donors (Lipinski definition) is 1. The summed E-state index contributed by atoms with van der Waals surface area (Å²) in [6.07, 6.45) is 4.69. The van der Waals surface area contributed by atoms with Crippen LogP contribution in [0.15, 0.2) is 37.0 Å². The Bertz CT molecular complexity index is 178. The molecule has 0 atom stereocenters. The molecule has 0 heterocycles. The summed E-state index contributed by atoms with van der Waals surface area (Å²) in [5, 5.41) is 8.32. The van der Waals surface area contributed by atoms with Gasteiger partial charge in [-0.05, 0) is 5.57 Å². The van der Waals surface area contributed by atoms with E-state index in [0.29, 0.717) is 5.57 Å². The smallest absolute Gasteiger partial charge is 0.307 e. The minimum atomic E-state index is -0.854. The molecule has 0 aliphatic carbocycles. The van der Waals surface area contributed by atoms with Crippen LogP contribution in [0.3, 0.4) is 0 Å². The van der Waals surface area contributed by atoms with Gasteiger partial charge < -0.3 is 5.11 Å². The van der Waals surface area contributed by atoms with Crippen LogP contribution in [0.25, 0.3) is 0 Å². The Morgan fingerprint density at radius 2 is 1.92 bits per heavy atom.